The van der Waals surface area contributed by atoms with Crippen LogP contribution in [0.5, 0.6) is 5.75 Å². The molecule has 0 saturated heterocycles. The van der Waals surface area contributed by atoms with Crippen LogP contribution in [0.3, 0.4) is 0 Å². The van der Waals surface area contributed by atoms with Crippen LogP contribution in [0.1, 0.15) is 5.56 Å². The number of methoxy groups -OCH3 is 1. The summed E-state index contributed by atoms with van der Waals surface area (Å²) in [5.74, 6) is 0.614. The number of hydrogen-bond donors (Lipinski definition) is 0. The highest BCUT2D eigenvalue weighted by Gasteiger charge is 2.09. The summed E-state index contributed by atoms with van der Waals surface area (Å²) in [6, 6.07) is 5.36. The first kappa shape index (κ1) is 7.62. The molecule has 1 aromatic carbocycles. The lowest BCUT2D eigenvalue weighted by atomic mass is 10.2. The van der Waals surface area contributed by atoms with Crippen LogP contribution in [0.25, 0.3) is 11.1 Å². The van der Waals surface area contributed by atoms with Crippen LogP contribution in [0.2, 0.25) is 0 Å². The molecule has 0 aliphatic heterocycles. The maximum absolute atomic E-state index is 8.74. The third-order valence-electron chi connectivity index (χ3n) is 1.79. The Morgan fingerprint density at radius 3 is 3.08 bits per heavy atom. The molecule has 2 rings (SSSR count). The fraction of sp³-hybridized carbons (Fsp3) is 0.111. The summed E-state index contributed by atoms with van der Waals surface area (Å²) in [6.07, 6.45) is 1.30. The van der Waals surface area contributed by atoms with E-state index in [9.17, 15) is 0 Å². The number of hydrogen-bond acceptors (Lipinski definition) is 4. The van der Waals surface area contributed by atoms with Crippen molar-refractivity contribution in [2.24, 2.45) is 0 Å². The molecule has 0 aliphatic carbocycles. The Morgan fingerprint density at radius 2 is 2.38 bits per heavy atom. The first-order valence-electron chi connectivity index (χ1n) is 3.67. The zero-order valence-corrected chi connectivity index (χ0v) is 6.94. The van der Waals surface area contributed by atoms with Gasteiger partial charge in [0.05, 0.1) is 12.7 Å². The van der Waals surface area contributed by atoms with Gasteiger partial charge in [0.25, 0.3) is 0 Å². The van der Waals surface area contributed by atoms with E-state index in [1.807, 2.05) is 6.07 Å². The van der Waals surface area contributed by atoms with Gasteiger partial charge in [0.2, 0.25) is 0 Å². The van der Waals surface area contributed by atoms with Crippen molar-refractivity contribution in [2.45, 2.75) is 0 Å². The van der Waals surface area contributed by atoms with E-state index in [-0.39, 0.29) is 0 Å². The van der Waals surface area contributed by atoms with Gasteiger partial charge < -0.3 is 9.15 Å². The van der Waals surface area contributed by atoms with Crippen molar-refractivity contribution in [3.05, 3.63) is 24.1 Å². The molecule has 4 heteroatoms. The predicted octanol–water partition coefficient (Wildman–Crippen LogP) is 1.71. The zero-order valence-electron chi connectivity index (χ0n) is 6.94. The summed E-state index contributed by atoms with van der Waals surface area (Å²) in [6.45, 7) is 0. The molecule has 0 atom stereocenters. The Balaban J connectivity index is 2.83. The summed E-state index contributed by atoms with van der Waals surface area (Å²) < 4.78 is 10.1. The first-order chi connectivity index (χ1) is 6.36. The molecule has 13 heavy (non-hydrogen) atoms. The minimum absolute atomic E-state index is 0.466. The smallest absolute Gasteiger partial charge is 0.182 e. The van der Waals surface area contributed by atoms with Gasteiger partial charge in [-0.25, -0.2) is 4.98 Å². The molecule has 0 aliphatic rings. The first-order valence-corrected chi connectivity index (χ1v) is 3.67. The number of oxazole rings is 1. The van der Waals surface area contributed by atoms with Crippen LogP contribution in [0.4, 0.5) is 0 Å². The van der Waals surface area contributed by atoms with E-state index < -0.39 is 0 Å². The van der Waals surface area contributed by atoms with Gasteiger partial charge in [-0.3, -0.25) is 0 Å². The van der Waals surface area contributed by atoms with Gasteiger partial charge in [-0.2, -0.15) is 5.26 Å². The number of rotatable bonds is 1. The van der Waals surface area contributed by atoms with E-state index in [1.54, 1.807) is 19.2 Å². The Labute approximate surface area is 74.4 Å². The fourth-order valence-electron chi connectivity index (χ4n) is 1.18. The van der Waals surface area contributed by atoms with Crippen LogP contribution in [-0.4, -0.2) is 12.1 Å². The van der Waals surface area contributed by atoms with E-state index in [0.29, 0.717) is 22.4 Å². The molecule has 0 bridgehead atoms. The molecule has 0 amide bonds. The van der Waals surface area contributed by atoms with Gasteiger partial charge in [0.15, 0.2) is 17.5 Å². The third-order valence-corrected chi connectivity index (χ3v) is 1.79. The van der Waals surface area contributed by atoms with Crippen molar-refractivity contribution in [3.8, 4) is 11.8 Å². The monoisotopic (exact) mass is 174 g/mol. The molecular weight excluding hydrogens is 168 g/mol. The molecule has 1 heterocycles. The highest BCUT2D eigenvalue weighted by atomic mass is 16.5. The molecule has 0 spiro atoms. The maximum atomic E-state index is 8.74. The standard InChI is InChI=1S/C9H6N2O2/c1-12-7-3-2-6(4-10)9-8(7)11-5-13-9/h2-3,5H,1H3. The molecule has 0 radical (unpaired) electrons. The van der Waals surface area contributed by atoms with Crippen molar-refractivity contribution >= 4 is 11.1 Å². The number of aromatic nitrogens is 1. The Hall–Kier alpha value is -2.02. The highest BCUT2D eigenvalue weighted by Crippen LogP contribution is 2.26. The van der Waals surface area contributed by atoms with Gasteiger partial charge >= 0.3 is 0 Å². The summed E-state index contributed by atoms with van der Waals surface area (Å²) in [5, 5.41) is 8.74. The van der Waals surface area contributed by atoms with E-state index in [2.05, 4.69) is 4.98 Å². The molecule has 0 saturated carbocycles. The Morgan fingerprint density at radius 1 is 1.54 bits per heavy atom. The molecule has 0 unspecified atom stereocenters. The van der Waals surface area contributed by atoms with Crippen LogP contribution in [0, 0.1) is 11.3 Å². The van der Waals surface area contributed by atoms with Crippen LogP contribution in [0.15, 0.2) is 22.9 Å². The maximum Gasteiger partial charge on any atom is 0.182 e. The largest absolute Gasteiger partial charge is 0.494 e. The lowest BCUT2D eigenvalue weighted by Gasteiger charge is -1.98. The van der Waals surface area contributed by atoms with Gasteiger partial charge in [0.1, 0.15) is 11.8 Å². The molecule has 64 valence electrons. The van der Waals surface area contributed by atoms with Gasteiger partial charge in [-0.15, -0.1) is 0 Å². The lowest BCUT2D eigenvalue weighted by molar-refractivity contribution is 0.419. The third kappa shape index (κ3) is 1.02. The average molecular weight is 174 g/mol. The number of fused-ring (bicyclic) bond motifs is 1. The average Bonchev–Trinajstić information content (AvgIpc) is 2.64. The summed E-state index contributed by atoms with van der Waals surface area (Å²) >= 11 is 0. The highest BCUT2D eigenvalue weighted by molar-refractivity contribution is 5.84. The van der Waals surface area contributed by atoms with Crippen molar-refractivity contribution in [1.82, 2.24) is 4.98 Å². The van der Waals surface area contributed by atoms with Gasteiger partial charge in [0, 0.05) is 0 Å². The summed E-state index contributed by atoms with van der Waals surface area (Å²) in [4.78, 5) is 3.96. The van der Waals surface area contributed by atoms with Crippen molar-refractivity contribution < 1.29 is 9.15 Å². The topological polar surface area (TPSA) is 59.0 Å². The molecule has 4 nitrogen and oxygen atoms in total. The second kappa shape index (κ2) is 2.79. The Kier molecular flexibility index (Phi) is 1.64. The minimum Gasteiger partial charge on any atom is -0.494 e. The second-order valence-corrected chi connectivity index (χ2v) is 2.46. The lowest BCUT2D eigenvalue weighted by Crippen LogP contribution is -1.85. The molecule has 2 aromatic rings. The fourth-order valence-corrected chi connectivity index (χ4v) is 1.18. The number of nitriles is 1. The second-order valence-electron chi connectivity index (χ2n) is 2.46. The molecular formula is C9H6N2O2. The van der Waals surface area contributed by atoms with Gasteiger partial charge in [-0.1, -0.05) is 0 Å². The van der Waals surface area contributed by atoms with Gasteiger partial charge in [-0.05, 0) is 12.1 Å². The molecule has 0 fully saturated rings. The summed E-state index contributed by atoms with van der Waals surface area (Å²) in [7, 11) is 1.55. The van der Waals surface area contributed by atoms with Crippen molar-refractivity contribution in [1.29, 1.82) is 5.26 Å². The van der Waals surface area contributed by atoms with Crippen LogP contribution in [-0.2, 0) is 0 Å². The number of nitrogens with zero attached hydrogens (tertiary/aromatic N) is 2. The minimum atomic E-state index is 0.466. The van der Waals surface area contributed by atoms with E-state index in [1.165, 1.54) is 6.39 Å². The normalized spacial score (nSPS) is 9.85. The molecule has 0 N–H and O–H groups in total. The van der Waals surface area contributed by atoms with E-state index in [0.717, 1.165) is 0 Å². The SMILES string of the molecule is COc1ccc(C#N)c2ocnc12. The zero-order chi connectivity index (χ0) is 9.26. The number of benzene rings is 1. The quantitative estimate of drug-likeness (QED) is 0.660. The van der Waals surface area contributed by atoms with Crippen molar-refractivity contribution in [2.75, 3.05) is 7.11 Å². The number of ether oxygens (including phenoxy) is 1. The van der Waals surface area contributed by atoms with E-state index in [4.69, 9.17) is 14.4 Å². The van der Waals surface area contributed by atoms with Crippen LogP contribution >= 0.6 is 0 Å². The van der Waals surface area contributed by atoms with Crippen molar-refractivity contribution in [3.63, 3.8) is 0 Å². The van der Waals surface area contributed by atoms with E-state index >= 15 is 0 Å². The molecule has 1 aromatic heterocycles. The Bertz CT molecular complexity index is 482. The summed E-state index contributed by atoms with van der Waals surface area (Å²) in [5.41, 5.74) is 1.52. The predicted molar refractivity (Wildman–Crippen MR) is 45.3 cm³/mol. The van der Waals surface area contributed by atoms with Crippen LogP contribution < -0.4 is 4.74 Å².